The summed E-state index contributed by atoms with van der Waals surface area (Å²) in [5.41, 5.74) is 1.81. The third kappa shape index (κ3) is 3.43. The molecule has 0 aliphatic rings. The Morgan fingerprint density at radius 2 is 2.12 bits per heavy atom. The second-order valence-electron chi connectivity index (χ2n) is 3.69. The van der Waals surface area contributed by atoms with Crippen molar-refractivity contribution in [2.24, 2.45) is 0 Å². The lowest BCUT2D eigenvalue weighted by Gasteiger charge is -2.02. The minimum Gasteiger partial charge on any atom is -0.295 e. The number of Topliss-reactive ketones (excluding diaryl/α,β-unsaturated/α-hetero) is 1. The number of thioether (sulfide) groups is 1. The number of nitrogens with zero attached hydrogens (tertiary/aromatic N) is 1. The van der Waals surface area contributed by atoms with Crippen molar-refractivity contribution in [1.82, 2.24) is 4.98 Å². The summed E-state index contributed by atoms with van der Waals surface area (Å²) >= 11 is 1.69. The normalized spacial score (nSPS) is 10.2. The van der Waals surface area contributed by atoms with Crippen LogP contribution >= 0.6 is 11.8 Å². The van der Waals surface area contributed by atoms with Gasteiger partial charge in [-0.1, -0.05) is 18.2 Å². The first-order valence-electron chi connectivity index (χ1n) is 5.39. The minimum atomic E-state index is 0.102. The third-order valence-corrected chi connectivity index (χ3v) is 3.38. The van der Waals surface area contributed by atoms with Crippen molar-refractivity contribution in [1.29, 1.82) is 0 Å². The van der Waals surface area contributed by atoms with Crippen LogP contribution in [0.4, 0.5) is 0 Å². The second kappa shape index (κ2) is 5.64. The Morgan fingerprint density at radius 3 is 2.82 bits per heavy atom. The van der Waals surface area contributed by atoms with Crippen molar-refractivity contribution in [3.63, 3.8) is 0 Å². The Kier molecular flexibility index (Phi) is 3.94. The molecule has 0 fully saturated rings. The highest BCUT2D eigenvalue weighted by Crippen LogP contribution is 2.22. The van der Waals surface area contributed by atoms with E-state index >= 15 is 0 Å². The van der Waals surface area contributed by atoms with Gasteiger partial charge in [-0.3, -0.25) is 9.78 Å². The Hall–Kier alpha value is -1.61. The lowest BCUT2D eigenvalue weighted by molar-refractivity contribution is 0.101. The van der Waals surface area contributed by atoms with Crippen LogP contribution in [0.25, 0.3) is 0 Å². The second-order valence-corrected chi connectivity index (χ2v) is 4.74. The van der Waals surface area contributed by atoms with Gasteiger partial charge in [-0.25, -0.2) is 0 Å². The van der Waals surface area contributed by atoms with Crippen molar-refractivity contribution < 1.29 is 4.79 Å². The van der Waals surface area contributed by atoms with Gasteiger partial charge in [0.15, 0.2) is 5.78 Å². The van der Waals surface area contributed by atoms with Gasteiger partial charge in [0.05, 0.1) is 5.69 Å². The summed E-state index contributed by atoms with van der Waals surface area (Å²) in [6, 6.07) is 13.6. The molecule has 17 heavy (non-hydrogen) atoms. The molecule has 0 amide bonds. The highest BCUT2D eigenvalue weighted by Gasteiger charge is 2.01. The predicted octanol–water partition coefficient (Wildman–Crippen LogP) is 3.58. The monoisotopic (exact) mass is 243 g/mol. The zero-order chi connectivity index (χ0) is 12.1. The van der Waals surface area contributed by atoms with E-state index in [2.05, 4.69) is 4.98 Å². The number of aromatic nitrogens is 1. The maximum Gasteiger partial charge on any atom is 0.159 e. The number of pyridine rings is 1. The number of benzene rings is 1. The average Bonchev–Trinajstić information content (AvgIpc) is 2.38. The fourth-order valence-electron chi connectivity index (χ4n) is 1.45. The molecule has 0 N–H and O–H groups in total. The summed E-state index contributed by atoms with van der Waals surface area (Å²) in [5.74, 6) is 0.924. The van der Waals surface area contributed by atoms with Crippen molar-refractivity contribution >= 4 is 17.5 Å². The number of hydrogen-bond donors (Lipinski definition) is 0. The SMILES string of the molecule is CC(=O)c1cccc(SCc2ccccn2)c1. The van der Waals surface area contributed by atoms with Crippen molar-refractivity contribution in [2.45, 2.75) is 17.6 Å². The summed E-state index contributed by atoms with van der Waals surface area (Å²) < 4.78 is 0. The number of hydrogen-bond acceptors (Lipinski definition) is 3. The molecule has 0 saturated carbocycles. The molecule has 1 heterocycles. The lowest BCUT2D eigenvalue weighted by Crippen LogP contribution is -1.91. The highest BCUT2D eigenvalue weighted by atomic mass is 32.2. The number of carbonyl (C=O) groups is 1. The van der Waals surface area contributed by atoms with Gasteiger partial charge in [-0.05, 0) is 31.2 Å². The number of ketones is 1. The molecule has 1 aromatic heterocycles. The van der Waals surface area contributed by atoms with E-state index in [4.69, 9.17) is 0 Å². The summed E-state index contributed by atoms with van der Waals surface area (Å²) in [5, 5.41) is 0. The topological polar surface area (TPSA) is 30.0 Å². The molecule has 0 bridgehead atoms. The van der Waals surface area contributed by atoms with Crippen LogP contribution in [0.5, 0.6) is 0 Å². The van der Waals surface area contributed by atoms with E-state index < -0.39 is 0 Å². The van der Waals surface area contributed by atoms with Gasteiger partial charge in [0.25, 0.3) is 0 Å². The Balaban J connectivity index is 2.04. The summed E-state index contributed by atoms with van der Waals surface area (Å²) in [4.78, 5) is 16.6. The molecule has 2 rings (SSSR count). The lowest BCUT2D eigenvalue weighted by atomic mass is 10.2. The van der Waals surface area contributed by atoms with Crippen molar-refractivity contribution in [3.05, 3.63) is 59.9 Å². The fourth-order valence-corrected chi connectivity index (χ4v) is 2.32. The van der Waals surface area contributed by atoms with Crippen LogP contribution in [0.2, 0.25) is 0 Å². The van der Waals surface area contributed by atoms with E-state index in [0.29, 0.717) is 0 Å². The molecule has 2 aromatic rings. The smallest absolute Gasteiger partial charge is 0.159 e. The largest absolute Gasteiger partial charge is 0.295 e. The Bertz CT molecular complexity index is 511. The molecule has 3 heteroatoms. The summed E-state index contributed by atoms with van der Waals surface area (Å²) in [6.07, 6.45) is 1.79. The van der Waals surface area contributed by atoms with Gasteiger partial charge in [0.2, 0.25) is 0 Å². The van der Waals surface area contributed by atoms with Crippen LogP contribution in [0.15, 0.2) is 53.6 Å². The Labute approximate surface area is 105 Å². The van der Waals surface area contributed by atoms with E-state index in [0.717, 1.165) is 21.9 Å². The molecule has 1 aromatic carbocycles. The van der Waals surface area contributed by atoms with Gasteiger partial charge in [-0.2, -0.15) is 0 Å². The van der Waals surface area contributed by atoms with Gasteiger partial charge in [-0.15, -0.1) is 11.8 Å². The van der Waals surface area contributed by atoms with E-state index in [1.54, 1.807) is 24.9 Å². The summed E-state index contributed by atoms with van der Waals surface area (Å²) in [7, 11) is 0. The molecule has 0 spiro atoms. The van der Waals surface area contributed by atoms with Gasteiger partial charge >= 0.3 is 0 Å². The quantitative estimate of drug-likeness (QED) is 0.607. The van der Waals surface area contributed by atoms with Crippen LogP contribution < -0.4 is 0 Å². The molecule has 0 aliphatic carbocycles. The first-order valence-corrected chi connectivity index (χ1v) is 6.38. The van der Waals surface area contributed by atoms with Crippen LogP contribution in [-0.2, 0) is 5.75 Å². The van der Waals surface area contributed by atoms with Crippen LogP contribution in [-0.4, -0.2) is 10.8 Å². The van der Waals surface area contributed by atoms with Gasteiger partial charge < -0.3 is 0 Å². The molecule has 0 unspecified atom stereocenters. The summed E-state index contributed by atoms with van der Waals surface area (Å²) in [6.45, 7) is 1.59. The van der Waals surface area contributed by atoms with Gasteiger partial charge in [0.1, 0.15) is 0 Å². The molecule has 2 nitrogen and oxygen atoms in total. The maximum absolute atomic E-state index is 11.3. The predicted molar refractivity (Wildman–Crippen MR) is 70.2 cm³/mol. The minimum absolute atomic E-state index is 0.102. The zero-order valence-corrected chi connectivity index (χ0v) is 10.4. The molecule has 0 radical (unpaired) electrons. The van der Waals surface area contributed by atoms with E-state index in [9.17, 15) is 4.79 Å². The maximum atomic E-state index is 11.3. The highest BCUT2D eigenvalue weighted by molar-refractivity contribution is 7.98. The van der Waals surface area contributed by atoms with Gasteiger partial charge in [0, 0.05) is 22.4 Å². The fraction of sp³-hybridized carbons (Fsp3) is 0.143. The molecule has 86 valence electrons. The van der Waals surface area contributed by atoms with Crippen LogP contribution in [0.1, 0.15) is 23.0 Å². The molecule has 0 aliphatic heterocycles. The van der Waals surface area contributed by atoms with Crippen LogP contribution in [0.3, 0.4) is 0 Å². The standard InChI is InChI=1S/C14H13NOS/c1-11(16)12-5-4-7-14(9-12)17-10-13-6-2-3-8-15-13/h2-9H,10H2,1H3. The van der Waals surface area contributed by atoms with E-state index in [-0.39, 0.29) is 5.78 Å². The number of carbonyl (C=O) groups excluding carboxylic acids is 1. The molecule has 0 atom stereocenters. The third-order valence-electron chi connectivity index (χ3n) is 2.35. The first kappa shape index (κ1) is 11.9. The van der Waals surface area contributed by atoms with Crippen molar-refractivity contribution in [3.8, 4) is 0 Å². The van der Waals surface area contributed by atoms with Crippen LogP contribution in [0, 0.1) is 0 Å². The molecule has 0 saturated heterocycles. The Morgan fingerprint density at radius 1 is 1.24 bits per heavy atom. The molecular weight excluding hydrogens is 230 g/mol. The van der Waals surface area contributed by atoms with Crippen molar-refractivity contribution in [2.75, 3.05) is 0 Å². The average molecular weight is 243 g/mol. The number of rotatable bonds is 4. The molecular formula is C14H13NOS. The van der Waals surface area contributed by atoms with E-state index in [1.807, 2.05) is 42.5 Å². The first-order chi connectivity index (χ1) is 8.25. The van der Waals surface area contributed by atoms with E-state index in [1.165, 1.54) is 0 Å². The zero-order valence-electron chi connectivity index (χ0n) is 9.59.